The van der Waals surface area contributed by atoms with E-state index in [1.54, 1.807) is 24.3 Å². The predicted octanol–water partition coefficient (Wildman–Crippen LogP) is 4.42. The van der Waals surface area contributed by atoms with Crippen molar-refractivity contribution >= 4 is 28.3 Å². The molecule has 0 aliphatic heterocycles. The lowest BCUT2D eigenvalue weighted by molar-refractivity contribution is 0.0954. The van der Waals surface area contributed by atoms with E-state index >= 15 is 0 Å². The molecule has 2 aromatic heterocycles. The first-order chi connectivity index (χ1) is 13.7. The fourth-order valence-corrected chi connectivity index (χ4v) is 3.07. The molecule has 0 spiro atoms. The van der Waals surface area contributed by atoms with Gasteiger partial charge in [-0.25, -0.2) is 9.37 Å². The van der Waals surface area contributed by atoms with E-state index in [9.17, 15) is 9.18 Å². The highest BCUT2D eigenvalue weighted by Crippen LogP contribution is 2.18. The van der Waals surface area contributed by atoms with Crippen LogP contribution in [-0.4, -0.2) is 22.4 Å². The number of H-pyrrole nitrogens is 1. The molecule has 0 aliphatic rings. The molecule has 6 heteroatoms. The van der Waals surface area contributed by atoms with Gasteiger partial charge in [0, 0.05) is 35.5 Å². The number of hydrogen-bond acceptors (Lipinski definition) is 3. The van der Waals surface area contributed by atoms with E-state index in [0.717, 1.165) is 11.9 Å². The maximum atomic E-state index is 13.2. The second-order valence-electron chi connectivity index (χ2n) is 6.43. The third kappa shape index (κ3) is 4.01. The van der Waals surface area contributed by atoms with Gasteiger partial charge in [-0.1, -0.05) is 24.3 Å². The van der Waals surface area contributed by atoms with Gasteiger partial charge in [0.15, 0.2) is 0 Å². The van der Waals surface area contributed by atoms with E-state index in [-0.39, 0.29) is 11.7 Å². The summed E-state index contributed by atoms with van der Waals surface area (Å²) in [7, 11) is 0. The summed E-state index contributed by atoms with van der Waals surface area (Å²) in [5.74, 6) is 0.0433. The van der Waals surface area contributed by atoms with Crippen molar-refractivity contribution in [3.05, 3.63) is 90.0 Å². The summed E-state index contributed by atoms with van der Waals surface area (Å²) in [6, 6.07) is 17.6. The summed E-state index contributed by atoms with van der Waals surface area (Å²) in [5, 5.41) is 7.09. The summed E-state index contributed by atoms with van der Waals surface area (Å²) in [6.45, 7) is 0.532. The van der Waals surface area contributed by atoms with Gasteiger partial charge in [-0.2, -0.15) is 0 Å². The summed E-state index contributed by atoms with van der Waals surface area (Å²) < 4.78 is 13.2. The number of nitrogens with one attached hydrogen (secondary N) is 3. The first kappa shape index (κ1) is 17.7. The zero-order chi connectivity index (χ0) is 19.3. The van der Waals surface area contributed by atoms with Crippen LogP contribution in [0.5, 0.6) is 0 Å². The van der Waals surface area contributed by atoms with E-state index in [4.69, 9.17) is 0 Å². The van der Waals surface area contributed by atoms with Gasteiger partial charge in [0.25, 0.3) is 5.91 Å². The van der Waals surface area contributed by atoms with Crippen LogP contribution in [0.3, 0.4) is 0 Å². The van der Waals surface area contributed by atoms with Crippen LogP contribution >= 0.6 is 0 Å². The van der Waals surface area contributed by atoms with Crippen LogP contribution in [-0.2, 0) is 6.42 Å². The predicted molar refractivity (Wildman–Crippen MR) is 108 cm³/mol. The SMILES string of the molecule is O=C(NCCc1c[nH]c2ccccc12)c1ccc(Nc2cccc(F)c2)nc1. The Morgan fingerprint density at radius 1 is 1.07 bits per heavy atom. The molecule has 0 bridgehead atoms. The van der Waals surface area contributed by atoms with Crippen LogP contribution in [0.1, 0.15) is 15.9 Å². The molecule has 4 aromatic rings. The van der Waals surface area contributed by atoms with Gasteiger partial charge in [0.1, 0.15) is 11.6 Å². The molecule has 0 saturated carbocycles. The number of aromatic amines is 1. The van der Waals surface area contributed by atoms with Gasteiger partial charge in [-0.15, -0.1) is 0 Å². The molecule has 0 aliphatic carbocycles. The highest BCUT2D eigenvalue weighted by Gasteiger charge is 2.08. The number of para-hydroxylation sites is 1. The molecule has 5 nitrogen and oxygen atoms in total. The molecule has 28 heavy (non-hydrogen) atoms. The Morgan fingerprint density at radius 2 is 1.96 bits per heavy atom. The molecule has 0 saturated heterocycles. The van der Waals surface area contributed by atoms with Crippen LogP contribution in [0.2, 0.25) is 0 Å². The van der Waals surface area contributed by atoms with E-state index < -0.39 is 0 Å². The Bertz CT molecular complexity index is 1100. The van der Waals surface area contributed by atoms with Crippen molar-refractivity contribution in [3.8, 4) is 0 Å². The number of pyridine rings is 1. The van der Waals surface area contributed by atoms with Gasteiger partial charge in [0.05, 0.1) is 5.56 Å². The monoisotopic (exact) mass is 374 g/mol. The molecular weight excluding hydrogens is 355 g/mol. The average Bonchev–Trinajstić information content (AvgIpc) is 3.12. The molecule has 4 rings (SSSR count). The Labute approximate surface area is 161 Å². The smallest absolute Gasteiger partial charge is 0.252 e. The van der Waals surface area contributed by atoms with Gasteiger partial charge < -0.3 is 15.6 Å². The highest BCUT2D eigenvalue weighted by atomic mass is 19.1. The van der Waals surface area contributed by atoms with Gasteiger partial charge >= 0.3 is 0 Å². The van der Waals surface area contributed by atoms with E-state index in [1.165, 1.54) is 29.3 Å². The second kappa shape index (κ2) is 7.92. The van der Waals surface area contributed by atoms with Crippen molar-refractivity contribution < 1.29 is 9.18 Å². The van der Waals surface area contributed by atoms with Crippen molar-refractivity contribution in [2.45, 2.75) is 6.42 Å². The number of fused-ring (bicyclic) bond motifs is 1. The number of carbonyl (C=O) groups excluding carboxylic acids is 1. The Morgan fingerprint density at radius 3 is 2.79 bits per heavy atom. The average molecular weight is 374 g/mol. The minimum Gasteiger partial charge on any atom is -0.361 e. The largest absolute Gasteiger partial charge is 0.361 e. The summed E-state index contributed by atoms with van der Waals surface area (Å²) >= 11 is 0. The maximum Gasteiger partial charge on any atom is 0.252 e. The van der Waals surface area contributed by atoms with Crippen molar-refractivity contribution in [1.82, 2.24) is 15.3 Å². The number of amides is 1. The number of anilines is 2. The Hall–Kier alpha value is -3.67. The summed E-state index contributed by atoms with van der Waals surface area (Å²) in [6.07, 6.45) is 4.22. The third-order valence-electron chi connectivity index (χ3n) is 4.48. The van der Waals surface area contributed by atoms with E-state index in [0.29, 0.717) is 23.6 Å². The molecular formula is C22H19FN4O. The lowest BCUT2D eigenvalue weighted by Crippen LogP contribution is -2.25. The zero-order valence-corrected chi connectivity index (χ0v) is 15.1. The zero-order valence-electron chi connectivity index (χ0n) is 15.1. The Balaban J connectivity index is 1.33. The minimum absolute atomic E-state index is 0.176. The lowest BCUT2D eigenvalue weighted by atomic mass is 10.1. The molecule has 0 fully saturated rings. The molecule has 0 atom stereocenters. The number of halogens is 1. The number of hydrogen-bond donors (Lipinski definition) is 3. The number of rotatable bonds is 6. The number of carbonyl (C=O) groups is 1. The fraction of sp³-hybridized carbons (Fsp3) is 0.0909. The van der Waals surface area contributed by atoms with Gasteiger partial charge in [0.2, 0.25) is 0 Å². The van der Waals surface area contributed by atoms with Crippen molar-refractivity contribution in [2.24, 2.45) is 0 Å². The second-order valence-corrected chi connectivity index (χ2v) is 6.43. The van der Waals surface area contributed by atoms with Crippen LogP contribution in [0.25, 0.3) is 10.9 Å². The number of nitrogens with zero attached hydrogens (tertiary/aromatic N) is 1. The maximum absolute atomic E-state index is 13.2. The quantitative estimate of drug-likeness (QED) is 0.468. The minimum atomic E-state index is -0.323. The van der Waals surface area contributed by atoms with Crippen LogP contribution < -0.4 is 10.6 Å². The summed E-state index contributed by atoms with van der Waals surface area (Å²) in [5.41, 5.74) is 3.34. The molecule has 0 radical (unpaired) electrons. The van der Waals surface area contributed by atoms with Crippen LogP contribution in [0.15, 0.2) is 73.1 Å². The van der Waals surface area contributed by atoms with Crippen molar-refractivity contribution in [2.75, 3.05) is 11.9 Å². The lowest BCUT2D eigenvalue weighted by Gasteiger charge is -2.07. The first-order valence-electron chi connectivity index (χ1n) is 9.01. The highest BCUT2D eigenvalue weighted by molar-refractivity contribution is 5.94. The Kier molecular flexibility index (Phi) is 5.01. The van der Waals surface area contributed by atoms with Crippen LogP contribution in [0, 0.1) is 5.82 Å². The molecule has 2 aromatic carbocycles. The van der Waals surface area contributed by atoms with Crippen molar-refractivity contribution in [1.29, 1.82) is 0 Å². The van der Waals surface area contributed by atoms with E-state index in [1.807, 2.05) is 24.4 Å². The molecule has 2 heterocycles. The first-order valence-corrected chi connectivity index (χ1v) is 9.01. The molecule has 3 N–H and O–H groups in total. The topological polar surface area (TPSA) is 69.8 Å². The normalized spacial score (nSPS) is 10.8. The molecule has 1 amide bonds. The fourth-order valence-electron chi connectivity index (χ4n) is 3.07. The molecule has 0 unspecified atom stereocenters. The summed E-state index contributed by atoms with van der Waals surface area (Å²) in [4.78, 5) is 19.8. The van der Waals surface area contributed by atoms with Crippen molar-refractivity contribution in [3.63, 3.8) is 0 Å². The number of benzene rings is 2. The van der Waals surface area contributed by atoms with Gasteiger partial charge in [-0.3, -0.25) is 4.79 Å². The van der Waals surface area contributed by atoms with Crippen LogP contribution in [0.4, 0.5) is 15.9 Å². The standard InChI is InChI=1S/C22H19FN4O/c23-17-4-3-5-18(12-17)27-21-9-8-16(14-26-21)22(28)24-11-10-15-13-25-20-7-2-1-6-19(15)20/h1-9,12-14,25H,10-11H2,(H,24,28)(H,26,27). The van der Waals surface area contributed by atoms with Gasteiger partial charge in [-0.05, 0) is 48.4 Å². The molecule has 140 valence electrons. The number of aromatic nitrogens is 2. The third-order valence-corrected chi connectivity index (χ3v) is 4.48. The van der Waals surface area contributed by atoms with E-state index in [2.05, 4.69) is 26.7 Å².